The van der Waals surface area contributed by atoms with Gasteiger partial charge in [-0.15, -0.1) is 10.2 Å². The second kappa shape index (κ2) is 12.6. The number of nitrogens with one attached hydrogen (secondary N) is 2. The second-order valence-electron chi connectivity index (χ2n) is 8.22. The quantitative estimate of drug-likeness (QED) is 0.258. The van der Waals surface area contributed by atoms with Gasteiger partial charge in [-0.25, -0.2) is 0 Å². The standard InChI is InChI=1S/C27H26BrN5O3S/c1-18-4-3-5-21(14-18)30-26(35)17-37-27-32-31-24(33(27)22-10-8-20(28)9-11-22)16-29-25(34)15-19-6-12-23(36-2)13-7-19/h3-14H,15-17H2,1-2H3,(H,29,34)(H,30,35). The topological polar surface area (TPSA) is 98.1 Å². The van der Waals surface area contributed by atoms with Crippen molar-refractivity contribution in [1.82, 2.24) is 20.1 Å². The average molecular weight is 581 g/mol. The fourth-order valence-electron chi connectivity index (χ4n) is 3.58. The largest absolute Gasteiger partial charge is 0.497 e. The van der Waals surface area contributed by atoms with E-state index in [-0.39, 0.29) is 30.5 Å². The maximum absolute atomic E-state index is 12.6. The van der Waals surface area contributed by atoms with Gasteiger partial charge in [-0.1, -0.05) is 52.0 Å². The summed E-state index contributed by atoms with van der Waals surface area (Å²) in [6.45, 7) is 2.16. The Bertz CT molecular complexity index is 1370. The molecule has 0 bridgehead atoms. The monoisotopic (exact) mass is 579 g/mol. The summed E-state index contributed by atoms with van der Waals surface area (Å²) in [7, 11) is 1.60. The Hall–Kier alpha value is -3.63. The van der Waals surface area contributed by atoms with Gasteiger partial charge in [0.15, 0.2) is 11.0 Å². The second-order valence-corrected chi connectivity index (χ2v) is 10.1. The molecule has 0 saturated heterocycles. The molecule has 0 saturated carbocycles. The first-order valence-electron chi connectivity index (χ1n) is 11.5. The van der Waals surface area contributed by atoms with Gasteiger partial charge in [-0.2, -0.15) is 0 Å². The molecule has 4 rings (SSSR count). The van der Waals surface area contributed by atoms with E-state index in [2.05, 4.69) is 36.8 Å². The number of hydrogen-bond donors (Lipinski definition) is 2. The van der Waals surface area contributed by atoms with Gasteiger partial charge >= 0.3 is 0 Å². The summed E-state index contributed by atoms with van der Waals surface area (Å²) in [5.74, 6) is 1.18. The molecular weight excluding hydrogens is 554 g/mol. The summed E-state index contributed by atoms with van der Waals surface area (Å²) in [5, 5.41) is 15.0. The number of halogens is 1. The highest BCUT2D eigenvalue weighted by atomic mass is 79.9. The van der Waals surface area contributed by atoms with Crippen LogP contribution in [0, 0.1) is 6.92 Å². The lowest BCUT2D eigenvalue weighted by atomic mass is 10.1. The van der Waals surface area contributed by atoms with Gasteiger partial charge in [-0.05, 0) is 66.6 Å². The first kappa shape index (κ1) is 26.4. The van der Waals surface area contributed by atoms with Crippen molar-refractivity contribution in [2.24, 2.45) is 0 Å². The number of methoxy groups -OCH3 is 1. The fraction of sp³-hybridized carbons (Fsp3) is 0.185. The summed E-state index contributed by atoms with van der Waals surface area (Å²) < 4.78 is 7.95. The number of amides is 2. The number of anilines is 1. The predicted molar refractivity (Wildman–Crippen MR) is 148 cm³/mol. The molecule has 0 aliphatic rings. The van der Waals surface area contributed by atoms with Crippen LogP contribution in [0.2, 0.25) is 0 Å². The molecule has 0 aliphatic carbocycles. The minimum Gasteiger partial charge on any atom is -0.497 e. The van der Waals surface area contributed by atoms with E-state index in [4.69, 9.17) is 4.74 Å². The van der Waals surface area contributed by atoms with E-state index in [9.17, 15) is 9.59 Å². The highest BCUT2D eigenvalue weighted by Crippen LogP contribution is 2.24. The summed E-state index contributed by atoms with van der Waals surface area (Å²) in [4.78, 5) is 25.2. The van der Waals surface area contributed by atoms with Gasteiger partial charge in [0.25, 0.3) is 0 Å². The van der Waals surface area contributed by atoms with Gasteiger partial charge in [0.2, 0.25) is 11.8 Å². The molecule has 0 aliphatic heterocycles. The zero-order valence-corrected chi connectivity index (χ0v) is 22.8. The van der Waals surface area contributed by atoms with E-state index in [0.29, 0.717) is 11.0 Å². The molecule has 8 nitrogen and oxygen atoms in total. The van der Waals surface area contributed by atoms with Gasteiger partial charge in [-0.3, -0.25) is 14.2 Å². The average Bonchev–Trinajstić information content (AvgIpc) is 3.30. The van der Waals surface area contributed by atoms with Crippen LogP contribution in [0.5, 0.6) is 5.75 Å². The third kappa shape index (κ3) is 7.43. The van der Waals surface area contributed by atoms with Gasteiger partial charge in [0, 0.05) is 15.8 Å². The van der Waals surface area contributed by atoms with Gasteiger partial charge < -0.3 is 15.4 Å². The zero-order valence-electron chi connectivity index (χ0n) is 20.4. The summed E-state index contributed by atoms with van der Waals surface area (Å²) in [6, 6.07) is 22.7. The van der Waals surface area contributed by atoms with Crippen molar-refractivity contribution in [3.63, 3.8) is 0 Å². The Morgan fingerprint density at radius 3 is 2.46 bits per heavy atom. The SMILES string of the molecule is COc1ccc(CC(=O)NCc2nnc(SCC(=O)Nc3cccc(C)c3)n2-c2ccc(Br)cc2)cc1. The molecule has 3 aromatic carbocycles. The third-order valence-corrected chi connectivity index (χ3v) is 6.84. The highest BCUT2D eigenvalue weighted by Gasteiger charge is 2.17. The van der Waals surface area contributed by atoms with Crippen LogP contribution < -0.4 is 15.4 Å². The first-order chi connectivity index (χ1) is 17.9. The van der Waals surface area contributed by atoms with Crippen molar-refractivity contribution in [2.45, 2.75) is 25.0 Å². The lowest BCUT2D eigenvalue weighted by Gasteiger charge is -2.11. The maximum Gasteiger partial charge on any atom is 0.234 e. The van der Waals surface area contributed by atoms with Crippen molar-refractivity contribution in [3.8, 4) is 11.4 Å². The van der Waals surface area contributed by atoms with Gasteiger partial charge in [0.1, 0.15) is 5.75 Å². The van der Waals surface area contributed by atoms with Crippen LogP contribution in [0.25, 0.3) is 5.69 Å². The molecule has 1 aromatic heterocycles. The molecule has 4 aromatic rings. The molecule has 0 fully saturated rings. The Morgan fingerprint density at radius 2 is 1.76 bits per heavy atom. The van der Waals surface area contributed by atoms with E-state index < -0.39 is 0 Å². The van der Waals surface area contributed by atoms with Crippen molar-refractivity contribution in [3.05, 3.63) is 94.2 Å². The number of thioether (sulfide) groups is 1. The van der Waals surface area contributed by atoms with Crippen LogP contribution in [-0.2, 0) is 22.6 Å². The van der Waals surface area contributed by atoms with Crippen LogP contribution in [0.1, 0.15) is 17.0 Å². The predicted octanol–water partition coefficient (Wildman–Crippen LogP) is 4.94. The van der Waals surface area contributed by atoms with E-state index in [0.717, 1.165) is 32.7 Å². The Labute approximate surface area is 228 Å². The number of carbonyl (C=O) groups excluding carboxylic acids is 2. The van der Waals surface area contributed by atoms with Crippen LogP contribution in [-0.4, -0.2) is 39.4 Å². The van der Waals surface area contributed by atoms with E-state index in [1.165, 1.54) is 11.8 Å². The Morgan fingerprint density at radius 1 is 1.00 bits per heavy atom. The van der Waals surface area contributed by atoms with Crippen LogP contribution in [0.15, 0.2) is 82.4 Å². The van der Waals surface area contributed by atoms with Crippen molar-refractivity contribution < 1.29 is 14.3 Å². The summed E-state index contributed by atoms with van der Waals surface area (Å²) in [5.41, 5.74) is 3.53. The molecule has 2 amide bonds. The summed E-state index contributed by atoms with van der Waals surface area (Å²) >= 11 is 4.74. The number of ether oxygens (including phenoxy) is 1. The van der Waals surface area contributed by atoms with E-state index in [1.807, 2.05) is 84.3 Å². The number of aryl methyl sites for hydroxylation is 1. The minimum absolute atomic E-state index is 0.137. The van der Waals surface area contributed by atoms with Crippen molar-refractivity contribution >= 4 is 45.2 Å². The number of rotatable bonds is 10. The molecule has 0 radical (unpaired) electrons. The lowest BCUT2D eigenvalue weighted by molar-refractivity contribution is -0.120. The first-order valence-corrected chi connectivity index (χ1v) is 13.3. The smallest absolute Gasteiger partial charge is 0.234 e. The minimum atomic E-state index is -0.143. The van der Waals surface area contributed by atoms with E-state index in [1.54, 1.807) is 7.11 Å². The maximum atomic E-state index is 12.6. The normalized spacial score (nSPS) is 10.7. The number of nitrogens with zero attached hydrogens (tertiary/aromatic N) is 3. The molecule has 37 heavy (non-hydrogen) atoms. The van der Waals surface area contributed by atoms with E-state index >= 15 is 0 Å². The fourth-order valence-corrected chi connectivity index (χ4v) is 4.61. The molecule has 0 spiro atoms. The molecule has 0 atom stereocenters. The molecule has 190 valence electrons. The molecule has 1 heterocycles. The Kier molecular flexibility index (Phi) is 8.97. The van der Waals surface area contributed by atoms with Crippen molar-refractivity contribution in [2.75, 3.05) is 18.2 Å². The lowest BCUT2D eigenvalue weighted by Crippen LogP contribution is -2.26. The number of benzene rings is 3. The summed E-state index contributed by atoms with van der Waals surface area (Å²) in [6.07, 6.45) is 0.233. The zero-order chi connectivity index (χ0) is 26.2. The van der Waals surface area contributed by atoms with Crippen LogP contribution in [0.4, 0.5) is 5.69 Å². The van der Waals surface area contributed by atoms with Crippen LogP contribution >= 0.6 is 27.7 Å². The van der Waals surface area contributed by atoms with Crippen LogP contribution in [0.3, 0.4) is 0 Å². The van der Waals surface area contributed by atoms with Crippen molar-refractivity contribution in [1.29, 1.82) is 0 Å². The highest BCUT2D eigenvalue weighted by molar-refractivity contribution is 9.10. The third-order valence-electron chi connectivity index (χ3n) is 5.39. The molecule has 10 heteroatoms. The number of hydrogen-bond acceptors (Lipinski definition) is 6. The molecule has 2 N–H and O–H groups in total. The molecule has 0 unspecified atom stereocenters. The molecular formula is C27H26BrN5O3S. The van der Waals surface area contributed by atoms with Gasteiger partial charge in [0.05, 0.1) is 25.8 Å². The Balaban J connectivity index is 1.44. The number of carbonyl (C=O) groups is 2. The number of aromatic nitrogens is 3.